The molecule has 0 fully saturated rings. The monoisotopic (exact) mass is 311 g/mol. The van der Waals surface area contributed by atoms with E-state index in [0.29, 0.717) is 6.54 Å². The fourth-order valence-corrected chi connectivity index (χ4v) is 3.68. The molecule has 1 rings (SSSR count). The summed E-state index contributed by atoms with van der Waals surface area (Å²) in [5.74, 6) is 5.66. The first-order valence-electron chi connectivity index (χ1n) is 6.06. The first kappa shape index (κ1) is 16.7. The van der Waals surface area contributed by atoms with E-state index in [-0.39, 0.29) is 13.0 Å². The third-order valence-corrected chi connectivity index (χ3v) is 5.73. The molecule has 0 bridgehead atoms. The van der Waals surface area contributed by atoms with Crippen molar-refractivity contribution in [2.24, 2.45) is 5.73 Å². The van der Waals surface area contributed by atoms with Gasteiger partial charge in [-0.1, -0.05) is 18.8 Å². The number of hydrogen-bond donors (Lipinski definition) is 1. The number of hydrogen-bond acceptors (Lipinski definition) is 5. The van der Waals surface area contributed by atoms with Crippen molar-refractivity contribution in [3.05, 3.63) is 21.9 Å². The highest BCUT2D eigenvalue weighted by Crippen LogP contribution is 2.18. The van der Waals surface area contributed by atoms with Gasteiger partial charge >= 0.3 is 0 Å². The van der Waals surface area contributed by atoms with Gasteiger partial charge in [0.1, 0.15) is 0 Å². The van der Waals surface area contributed by atoms with Crippen molar-refractivity contribution in [3.8, 4) is 17.9 Å². The van der Waals surface area contributed by atoms with Gasteiger partial charge in [-0.2, -0.15) is 9.57 Å². The second-order valence-corrected chi connectivity index (χ2v) is 7.29. The van der Waals surface area contributed by atoms with E-state index in [1.807, 2.05) is 17.5 Å². The van der Waals surface area contributed by atoms with E-state index >= 15 is 0 Å². The quantitative estimate of drug-likeness (QED) is 0.826. The molecule has 20 heavy (non-hydrogen) atoms. The topological polar surface area (TPSA) is 87.2 Å². The molecule has 0 radical (unpaired) electrons. The van der Waals surface area contributed by atoms with Gasteiger partial charge in [0.05, 0.1) is 17.5 Å². The Hall–Kier alpha value is -1.38. The Balaban J connectivity index is 2.83. The fraction of sp³-hybridized carbons (Fsp3) is 0.462. The Morgan fingerprint density at radius 1 is 1.55 bits per heavy atom. The van der Waals surface area contributed by atoms with Crippen molar-refractivity contribution < 1.29 is 8.42 Å². The Bertz CT molecular complexity index is 647. The number of thiophene rings is 1. The molecule has 0 saturated carbocycles. The largest absolute Gasteiger partial charge is 0.320 e. The average Bonchev–Trinajstić information content (AvgIpc) is 2.85. The maximum Gasteiger partial charge on any atom is 0.230 e. The predicted octanol–water partition coefficient (Wildman–Crippen LogP) is 1.12. The average molecular weight is 311 g/mol. The molecule has 0 aliphatic heterocycles. The summed E-state index contributed by atoms with van der Waals surface area (Å²) in [6.45, 7) is 2.22. The van der Waals surface area contributed by atoms with Crippen molar-refractivity contribution in [3.63, 3.8) is 0 Å². The molecule has 0 aliphatic rings. The minimum absolute atomic E-state index is 0.237. The number of sulfonamides is 1. The highest BCUT2D eigenvalue weighted by atomic mass is 32.2. The summed E-state index contributed by atoms with van der Waals surface area (Å²) in [5, 5.41) is 9.76. The van der Waals surface area contributed by atoms with E-state index in [0.717, 1.165) is 10.4 Å². The first-order chi connectivity index (χ1) is 9.45. The Labute approximate surface area is 124 Å². The number of nitrogens with two attached hydrogens (primary N) is 1. The lowest BCUT2D eigenvalue weighted by Gasteiger charge is -2.19. The molecule has 1 atom stereocenters. The maximum absolute atomic E-state index is 12.1. The Morgan fingerprint density at radius 3 is 2.80 bits per heavy atom. The van der Waals surface area contributed by atoms with Crippen LogP contribution in [0.3, 0.4) is 0 Å². The summed E-state index contributed by atoms with van der Waals surface area (Å²) < 4.78 is 25.5. The molecule has 2 N–H and O–H groups in total. The lowest BCUT2D eigenvalue weighted by atomic mass is 10.3. The molecule has 1 heterocycles. The summed E-state index contributed by atoms with van der Waals surface area (Å²) in [5.41, 5.74) is 6.15. The molecule has 1 aromatic heterocycles. The van der Waals surface area contributed by atoms with Crippen LogP contribution in [0.1, 0.15) is 23.8 Å². The Kier molecular flexibility index (Phi) is 6.18. The van der Waals surface area contributed by atoms with E-state index in [2.05, 4.69) is 11.8 Å². The van der Waals surface area contributed by atoms with Crippen LogP contribution in [0.25, 0.3) is 0 Å². The second-order valence-electron chi connectivity index (χ2n) is 4.15. The van der Waals surface area contributed by atoms with Crippen LogP contribution in [0.5, 0.6) is 0 Å². The van der Waals surface area contributed by atoms with E-state index in [9.17, 15) is 8.42 Å². The predicted molar refractivity (Wildman–Crippen MR) is 80.3 cm³/mol. The third kappa shape index (κ3) is 4.06. The minimum Gasteiger partial charge on any atom is -0.320 e. The van der Waals surface area contributed by atoms with Crippen LogP contribution >= 0.6 is 11.3 Å². The molecule has 0 amide bonds. The molecule has 5 nitrogen and oxygen atoms in total. The van der Waals surface area contributed by atoms with E-state index in [1.54, 1.807) is 6.92 Å². The maximum atomic E-state index is 12.1. The van der Waals surface area contributed by atoms with E-state index in [1.165, 1.54) is 22.7 Å². The third-order valence-electron chi connectivity index (χ3n) is 2.68. The molecule has 108 valence electrons. The van der Waals surface area contributed by atoms with Crippen LogP contribution in [-0.2, 0) is 16.6 Å². The highest BCUT2D eigenvalue weighted by Gasteiger charge is 2.28. The van der Waals surface area contributed by atoms with Gasteiger partial charge in [0.25, 0.3) is 0 Å². The van der Waals surface area contributed by atoms with Crippen LogP contribution in [-0.4, -0.2) is 31.6 Å². The normalized spacial score (nSPS) is 12.6. The summed E-state index contributed by atoms with van der Waals surface area (Å²) in [6, 6.07) is 3.67. The SMILES string of the molecule is CCC(C#N)S(=O)(=O)N(C)Cc1csc(C#CCN)c1. The minimum atomic E-state index is -3.59. The van der Waals surface area contributed by atoms with Crippen LogP contribution in [0.2, 0.25) is 0 Å². The number of rotatable bonds is 5. The molecule has 1 unspecified atom stereocenters. The van der Waals surface area contributed by atoms with Gasteiger partial charge in [-0.3, -0.25) is 0 Å². The van der Waals surface area contributed by atoms with Crippen molar-refractivity contribution in [2.75, 3.05) is 13.6 Å². The summed E-state index contributed by atoms with van der Waals surface area (Å²) in [4.78, 5) is 0.851. The van der Waals surface area contributed by atoms with E-state index < -0.39 is 15.3 Å². The van der Waals surface area contributed by atoms with Gasteiger partial charge in [-0.15, -0.1) is 11.3 Å². The van der Waals surface area contributed by atoms with Gasteiger partial charge in [-0.25, -0.2) is 8.42 Å². The lowest BCUT2D eigenvalue weighted by Crippen LogP contribution is -2.34. The zero-order valence-corrected chi connectivity index (χ0v) is 13.1. The standard InChI is InChI=1S/C13H17N3O2S2/c1-3-13(8-15)20(17,18)16(2)9-11-7-12(19-10-11)5-4-6-14/h7,10,13H,3,6,9,14H2,1-2H3. The van der Waals surface area contributed by atoms with Crippen LogP contribution in [0.4, 0.5) is 0 Å². The molecule has 1 aromatic rings. The molecule has 0 aromatic carbocycles. The highest BCUT2D eigenvalue weighted by molar-refractivity contribution is 7.89. The second kappa shape index (κ2) is 7.41. The van der Waals surface area contributed by atoms with Gasteiger partial charge in [-0.05, 0) is 23.4 Å². The zero-order valence-electron chi connectivity index (χ0n) is 11.5. The molecule has 7 heteroatoms. The smallest absolute Gasteiger partial charge is 0.230 e. The van der Waals surface area contributed by atoms with Crippen molar-refractivity contribution in [2.45, 2.75) is 25.1 Å². The van der Waals surface area contributed by atoms with Crippen LogP contribution in [0.15, 0.2) is 11.4 Å². The summed E-state index contributed by atoms with van der Waals surface area (Å²) >= 11 is 1.45. The summed E-state index contributed by atoms with van der Waals surface area (Å²) in [7, 11) is -2.10. The molecule has 0 spiro atoms. The van der Waals surface area contributed by atoms with Gasteiger partial charge in [0.15, 0.2) is 5.25 Å². The number of nitrogens with zero attached hydrogens (tertiary/aromatic N) is 2. The molecular weight excluding hydrogens is 294 g/mol. The number of nitriles is 1. The van der Waals surface area contributed by atoms with Crippen LogP contribution < -0.4 is 5.73 Å². The Morgan fingerprint density at radius 2 is 2.25 bits per heavy atom. The summed E-state index contributed by atoms with van der Waals surface area (Å²) in [6.07, 6.45) is 0.278. The molecule has 0 saturated heterocycles. The van der Waals surface area contributed by atoms with E-state index in [4.69, 9.17) is 11.0 Å². The van der Waals surface area contributed by atoms with Gasteiger partial charge < -0.3 is 5.73 Å². The van der Waals surface area contributed by atoms with Gasteiger partial charge in [0, 0.05) is 13.6 Å². The van der Waals surface area contributed by atoms with Crippen molar-refractivity contribution in [1.82, 2.24) is 4.31 Å². The molecular formula is C13H17N3O2S2. The first-order valence-corrected chi connectivity index (χ1v) is 8.45. The zero-order chi connectivity index (χ0) is 15.2. The lowest BCUT2D eigenvalue weighted by molar-refractivity contribution is 0.460. The van der Waals surface area contributed by atoms with Crippen molar-refractivity contribution in [1.29, 1.82) is 5.26 Å². The van der Waals surface area contributed by atoms with Crippen LogP contribution in [0, 0.1) is 23.2 Å². The fourth-order valence-electron chi connectivity index (χ4n) is 1.60. The molecule has 0 aliphatic carbocycles. The van der Waals surface area contributed by atoms with Crippen molar-refractivity contribution >= 4 is 21.4 Å². The van der Waals surface area contributed by atoms with Gasteiger partial charge in [0.2, 0.25) is 10.0 Å².